The highest BCUT2D eigenvalue weighted by molar-refractivity contribution is 5.68. The lowest BCUT2D eigenvalue weighted by atomic mass is 9.91. The number of nitrogens with zero attached hydrogens (tertiary/aromatic N) is 3. The van der Waals surface area contributed by atoms with Crippen molar-refractivity contribution in [3.8, 4) is 17.0 Å². The normalized spacial score (nSPS) is 13.8. The van der Waals surface area contributed by atoms with Gasteiger partial charge in [0.2, 0.25) is 0 Å². The molecule has 0 unspecified atom stereocenters. The summed E-state index contributed by atoms with van der Waals surface area (Å²) < 4.78 is 27.8. The minimum Gasteiger partial charge on any atom is -0.488 e. The van der Waals surface area contributed by atoms with Crippen LogP contribution >= 0.6 is 0 Å². The predicted octanol–water partition coefficient (Wildman–Crippen LogP) is 5.24. The van der Waals surface area contributed by atoms with E-state index in [4.69, 9.17) is 9.47 Å². The summed E-state index contributed by atoms with van der Waals surface area (Å²) >= 11 is 0. The second-order valence-corrected chi connectivity index (χ2v) is 9.65. The van der Waals surface area contributed by atoms with E-state index in [1.165, 1.54) is 6.07 Å². The van der Waals surface area contributed by atoms with Crippen LogP contribution in [0.3, 0.4) is 0 Å². The molecule has 0 aliphatic carbocycles. The standard InChI is InChI=1S/C24H31FN4O3/c1-16(2)14-24(6,28-22(30)32-23(3,4)5)15-31-20-8-7-17(13-18(20)25)19-9-11-26-21-10-12-27-29(19)21/h7-13,16H,14-15H2,1-6H3,(H,28,30)/t24-/m0/s1. The average Bonchev–Trinajstić information content (AvgIpc) is 3.13. The van der Waals surface area contributed by atoms with Gasteiger partial charge < -0.3 is 14.8 Å². The number of hydrogen-bond acceptors (Lipinski definition) is 5. The summed E-state index contributed by atoms with van der Waals surface area (Å²) in [6.45, 7) is 11.5. The van der Waals surface area contributed by atoms with Crippen molar-refractivity contribution in [2.75, 3.05) is 6.61 Å². The lowest BCUT2D eigenvalue weighted by molar-refractivity contribution is 0.0406. The van der Waals surface area contributed by atoms with Crippen molar-refractivity contribution in [1.82, 2.24) is 19.9 Å². The van der Waals surface area contributed by atoms with Gasteiger partial charge in [-0.2, -0.15) is 5.10 Å². The summed E-state index contributed by atoms with van der Waals surface area (Å²) in [5.74, 6) is -0.0989. The number of aromatic nitrogens is 3. The van der Waals surface area contributed by atoms with Crippen LogP contribution in [0.1, 0.15) is 48.0 Å². The Morgan fingerprint density at radius 3 is 2.56 bits per heavy atom. The Balaban J connectivity index is 1.76. The maximum atomic E-state index is 14.9. The number of halogens is 1. The number of amides is 1. The van der Waals surface area contributed by atoms with E-state index in [-0.39, 0.29) is 18.3 Å². The van der Waals surface area contributed by atoms with Gasteiger partial charge in [0.1, 0.15) is 12.2 Å². The molecular formula is C24H31FN4O3. The van der Waals surface area contributed by atoms with Crippen LogP contribution in [0.4, 0.5) is 9.18 Å². The van der Waals surface area contributed by atoms with Gasteiger partial charge in [0.15, 0.2) is 17.2 Å². The summed E-state index contributed by atoms with van der Waals surface area (Å²) in [5, 5.41) is 7.14. The van der Waals surface area contributed by atoms with E-state index in [1.807, 2.05) is 6.92 Å². The number of ether oxygens (including phenoxy) is 2. The van der Waals surface area contributed by atoms with Crippen LogP contribution in [0.15, 0.2) is 42.7 Å². The molecule has 2 aromatic heterocycles. The van der Waals surface area contributed by atoms with Gasteiger partial charge in [-0.1, -0.05) is 13.8 Å². The maximum absolute atomic E-state index is 14.9. The molecule has 8 heteroatoms. The number of alkyl carbamates (subject to hydrolysis) is 1. The number of benzene rings is 1. The van der Waals surface area contributed by atoms with Crippen molar-refractivity contribution in [2.45, 2.75) is 59.1 Å². The molecule has 0 bridgehead atoms. The average molecular weight is 443 g/mol. The molecule has 1 atom stereocenters. The van der Waals surface area contributed by atoms with E-state index in [2.05, 4.69) is 29.2 Å². The highest BCUT2D eigenvalue weighted by Gasteiger charge is 2.31. The Morgan fingerprint density at radius 1 is 1.16 bits per heavy atom. The first-order chi connectivity index (χ1) is 15.0. The van der Waals surface area contributed by atoms with E-state index < -0.39 is 23.1 Å². The monoisotopic (exact) mass is 442 g/mol. The van der Waals surface area contributed by atoms with Crippen LogP contribution in [-0.2, 0) is 4.74 Å². The maximum Gasteiger partial charge on any atom is 0.408 e. The first kappa shape index (κ1) is 23.5. The molecule has 3 rings (SSSR count). The zero-order valence-corrected chi connectivity index (χ0v) is 19.5. The molecule has 3 aromatic rings. The number of nitrogens with one attached hydrogen (secondary N) is 1. The van der Waals surface area contributed by atoms with Gasteiger partial charge >= 0.3 is 6.09 Å². The lowest BCUT2D eigenvalue weighted by Crippen LogP contribution is -2.52. The van der Waals surface area contributed by atoms with Crippen LogP contribution in [-0.4, -0.2) is 38.4 Å². The summed E-state index contributed by atoms with van der Waals surface area (Å²) in [6, 6.07) is 8.33. The van der Waals surface area contributed by atoms with E-state index in [9.17, 15) is 9.18 Å². The summed E-state index contributed by atoms with van der Waals surface area (Å²) in [6.07, 6.45) is 3.42. The van der Waals surface area contributed by atoms with Gasteiger partial charge in [0.05, 0.1) is 17.4 Å². The zero-order valence-electron chi connectivity index (χ0n) is 19.5. The first-order valence-corrected chi connectivity index (χ1v) is 10.7. The van der Waals surface area contributed by atoms with Gasteiger partial charge in [-0.3, -0.25) is 0 Å². The van der Waals surface area contributed by atoms with E-state index in [0.717, 1.165) is 5.69 Å². The van der Waals surface area contributed by atoms with Crippen molar-refractivity contribution in [2.24, 2.45) is 5.92 Å². The molecule has 1 N–H and O–H groups in total. The second-order valence-electron chi connectivity index (χ2n) is 9.65. The number of fused-ring (bicyclic) bond motifs is 1. The molecule has 1 amide bonds. The van der Waals surface area contributed by atoms with Crippen molar-refractivity contribution < 1.29 is 18.7 Å². The highest BCUT2D eigenvalue weighted by atomic mass is 19.1. The zero-order chi connectivity index (χ0) is 23.5. The number of carbonyl (C=O) groups is 1. The Labute approximate surface area is 187 Å². The molecule has 32 heavy (non-hydrogen) atoms. The van der Waals surface area contributed by atoms with Crippen LogP contribution < -0.4 is 10.1 Å². The molecule has 0 aliphatic rings. The number of hydrogen-bond donors (Lipinski definition) is 1. The predicted molar refractivity (Wildman–Crippen MR) is 121 cm³/mol. The van der Waals surface area contributed by atoms with Gasteiger partial charge in [0, 0.05) is 17.8 Å². The van der Waals surface area contributed by atoms with Crippen molar-refractivity contribution >= 4 is 11.7 Å². The Bertz CT molecular complexity index is 1090. The van der Waals surface area contributed by atoms with Gasteiger partial charge in [-0.25, -0.2) is 18.7 Å². The van der Waals surface area contributed by atoms with Gasteiger partial charge in [-0.05, 0) is 64.3 Å². The molecular weight excluding hydrogens is 411 g/mol. The molecule has 0 aliphatic heterocycles. The summed E-state index contributed by atoms with van der Waals surface area (Å²) in [7, 11) is 0. The molecule has 0 saturated heterocycles. The summed E-state index contributed by atoms with van der Waals surface area (Å²) in [5.41, 5.74) is 0.720. The van der Waals surface area contributed by atoms with E-state index in [0.29, 0.717) is 17.6 Å². The van der Waals surface area contributed by atoms with E-state index >= 15 is 0 Å². The molecule has 172 valence electrons. The fraction of sp³-hybridized carbons (Fsp3) is 0.458. The minimum absolute atomic E-state index is 0.0966. The highest BCUT2D eigenvalue weighted by Crippen LogP contribution is 2.27. The fourth-order valence-corrected chi connectivity index (χ4v) is 3.66. The Morgan fingerprint density at radius 2 is 1.91 bits per heavy atom. The van der Waals surface area contributed by atoms with E-state index in [1.54, 1.807) is 61.9 Å². The molecule has 2 heterocycles. The van der Waals surface area contributed by atoms with Gasteiger partial charge in [0.25, 0.3) is 0 Å². The Hall–Kier alpha value is -3.16. The smallest absolute Gasteiger partial charge is 0.408 e. The first-order valence-electron chi connectivity index (χ1n) is 10.7. The van der Waals surface area contributed by atoms with Crippen molar-refractivity contribution in [1.29, 1.82) is 0 Å². The van der Waals surface area contributed by atoms with Crippen LogP contribution in [0.25, 0.3) is 16.9 Å². The van der Waals surface area contributed by atoms with Gasteiger partial charge in [-0.15, -0.1) is 0 Å². The number of rotatable bonds is 7. The largest absolute Gasteiger partial charge is 0.488 e. The summed E-state index contributed by atoms with van der Waals surface area (Å²) in [4.78, 5) is 16.6. The van der Waals surface area contributed by atoms with Crippen LogP contribution in [0.2, 0.25) is 0 Å². The number of carbonyl (C=O) groups excluding carboxylic acids is 1. The third kappa shape index (κ3) is 5.96. The molecule has 0 spiro atoms. The van der Waals surface area contributed by atoms with Crippen molar-refractivity contribution in [3.63, 3.8) is 0 Å². The fourth-order valence-electron chi connectivity index (χ4n) is 3.66. The molecule has 0 fully saturated rings. The molecule has 1 aromatic carbocycles. The SMILES string of the molecule is CC(C)C[C@@](C)(COc1ccc(-c2ccnc3ccnn23)cc1F)NC(=O)OC(C)(C)C. The third-order valence-corrected chi connectivity index (χ3v) is 4.73. The molecule has 7 nitrogen and oxygen atoms in total. The van der Waals surface area contributed by atoms with Crippen LogP contribution in [0.5, 0.6) is 5.75 Å². The molecule has 0 saturated carbocycles. The third-order valence-electron chi connectivity index (χ3n) is 4.73. The minimum atomic E-state index is -0.728. The second kappa shape index (κ2) is 9.14. The quantitative estimate of drug-likeness (QED) is 0.541. The topological polar surface area (TPSA) is 77.8 Å². The lowest BCUT2D eigenvalue weighted by Gasteiger charge is -2.33. The molecule has 0 radical (unpaired) electrons. The van der Waals surface area contributed by atoms with Crippen molar-refractivity contribution in [3.05, 3.63) is 48.5 Å². The Kier molecular flexibility index (Phi) is 6.71. The van der Waals surface area contributed by atoms with Crippen LogP contribution in [0, 0.1) is 11.7 Å².